The van der Waals surface area contributed by atoms with E-state index in [1.54, 1.807) is 12.1 Å². The summed E-state index contributed by atoms with van der Waals surface area (Å²) in [6.07, 6.45) is 5.27. The van der Waals surface area contributed by atoms with Gasteiger partial charge in [0.25, 0.3) is 5.91 Å². The highest BCUT2D eigenvalue weighted by atomic mass is 35.5. The van der Waals surface area contributed by atoms with Crippen LogP contribution in [0.25, 0.3) is 16.5 Å². The number of fused-ring (bicyclic) bond motifs is 2. The molecule has 5 nitrogen and oxygen atoms in total. The summed E-state index contributed by atoms with van der Waals surface area (Å²) in [6, 6.07) is 14.5. The zero-order valence-corrected chi connectivity index (χ0v) is 20.2. The first-order valence-electron chi connectivity index (χ1n) is 11.4. The Morgan fingerprint density at radius 2 is 1.76 bits per heavy atom. The van der Waals surface area contributed by atoms with Crippen molar-refractivity contribution >= 4 is 40.0 Å². The second-order valence-corrected chi connectivity index (χ2v) is 10.5. The van der Waals surface area contributed by atoms with Crippen LogP contribution in [0.4, 0.5) is 0 Å². The molecule has 1 aliphatic heterocycles. The second kappa shape index (κ2) is 7.88. The number of aromatic carboxylic acids is 1. The third-order valence-electron chi connectivity index (χ3n) is 7.35. The Morgan fingerprint density at radius 3 is 2.47 bits per heavy atom. The van der Waals surface area contributed by atoms with Gasteiger partial charge < -0.3 is 15.0 Å². The van der Waals surface area contributed by atoms with E-state index in [2.05, 4.69) is 37.9 Å². The van der Waals surface area contributed by atoms with Crippen LogP contribution in [0.5, 0.6) is 0 Å². The number of aromatic nitrogens is 1. The summed E-state index contributed by atoms with van der Waals surface area (Å²) in [5, 5.41) is 10.8. The molecule has 2 N–H and O–H groups in total. The van der Waals surface area contributed by atoms with Crippen LogP contribution in [0.3, 0.4) is 0 Å². The predicted molar refractivity (Wildman–Crippen MR) is 135 cm³/mol. The van der Waals surface area contributed by atoms with E-state index in [0.29, 0.717) is 23.8 Å². The van der Waals surface area contributed by atoms with Crippen LogP contribution in [-0.2, 0) is 0 Å². The van der Waals surface area contributed by atoms with Crippen molar-refractivity contribution in [1.29, 1.82) is 0 Å². The quantitative estimate of drug-likeness (QED) is 0.430. The van der Waals surface area contributed by atoms with Crippen LogP contribution in [0, 0.1) is 10.8 Å². The molecule has 5 rings (SSSR count). The number of benzene rings is 2. The maximum atomic E-state index is 13.4. The summed E-state index contributed by atoms with van der Waals surface area (Å²) in [6.45, 7) is 7.84. The number of amides is 1. The Bertz CT molecular complexity index is 1380. The average molecular weight is 475 g/mol. The molecule has 174 valence electrons. The van der Waals surface area contributed by atoms with Crippen LogP contribution in [0.15, 0.2) is 66.3 Å². The van der Waals surface area contributed by atoms with Gasteiger partial charge in [-0.1, -0.05) is 62.2 Å². The Kier molecular flexibility index (Phi) is 5.21. The highest BCUT2D eigenvalue weighted by Gasteiger charge is 2.46. The van der Waals surface area contributed by atoms with E-state index in [4.69, 9.17) is 11.6 Å². The molecular weight excluding hydrogens is 448 g/mol. The fraction of sp³-hybridized carbons (Fsp3) is 0.286. The Morgan fingerprint density at radius 1 is 1.03 bits per heavy atom. The number of carbonyl (C=O) groups is 2. The van der Waals surface area contributed by atoms with E-state index < -0.39 is 5.97 Å². The Labute approximate surface area is 203 Å². The van der Waals surface area contributed by atoms with Crippen molar-refractivity contribution in [3.63, 3.8) is 0 Å². The number of carbonyl (C=O) groups excluding carboxylic acids is 1. The topological polar surface area (TPSA) is 73.4 Å². The van der Waals surface area contributed by atoms with E-state index in [9.17, 15) is 14.7 Å². The number of carboxylic acids is 1. The number of hydrogen-bond acceptors (Lipinski definition) is 2. The largest absolute Gasteiger partial charge is 0.478 e. The Balaban J connectivity index is 1.42. The van der Waals surface area contributed by atoms with Crippen molar-refractivity contribution < 1.29 is 14.7 Å². The van der Waals surface area contributed by atoms with Gasteiger partial charge in [-0.3, -0.25) is 4.79 Å². The zero-order chi connectivity index (χ0) is 24.3. The fourth-order valence-electron chi connectivity index (χ4n) is 5.75. The second-order valence-electron chi connectivity index (χ2n) is 10.1. The third kappa shape index (κ3) is 3.64. The number of aromatic amines is 1. The van der Waals surface area contributed by atoms with Crippen molar-refractivity contribution in [1.82, 2.24) is 9.88 Å². The van der Waals surface area contributed by atoms with Crippen LogP contribution < -0.4 is 0 Å². The molecule has 0 saturated heterocycles. The van der Waals surface area contributed by atoms with E-state index in [-0.39, 0.29) is 22.3 Å². The smallest absolute Gasteiger partial charge is 0.335 e. The van der Waals surface area contributed by atoms with Gasteiger partial charge in [0.2, 0.25) is 0 Å². The molecular formula is C28H27ClN2O3. The van der Waals surface area contributed by atoms with Crippen molar-refractivity contribution in [3.8, 4) is 0 Å². The van der Waals surface area contributed by atoms with Gasteiger partial charge in [-0.2, -0.15) is 0 Å². The summed E-state index contributed by atoms with van der Waals surface area (Å²) >= 11 is 6.11. The van der Waals surface area contributed by atoms with Gasteiger partial charge in [-0.05, 0) is 54.0 Å². The lowest BCUT2D eigenvalue weighted by Crippen LogP contribution is -2.48. The minimum Gasteiger partial charge on any atom is -0.478 e. The molecule has 1 aromatic heterocycles. The molecule has 0 fully saturated rings. The minimum absolute atomic E-state index is 0.0133. The SMILES string of the molecule is CC1(C)C(c2ccc(C(=O)O)cc2)=CC[C@]2(C)CN(C(=O)c3cc4cc(Cl)ccc4[nH]3)CC=C12. The number of carboxylic acid groups (broad SMARTS) is 1. The minimum atomic E-state index is -0.922. The van der Waals surface area contributed by atoms with Gasteiger partial charge in [0, 0.05) is 39.8 Å². The number of H-pyrrole nitrogens is 1. The lowest BCUT2D eigenvalue weighted by atomic mass is 9.58. The van der Waals surface area contributed by atoms with Gasteiger partial charge in [-0.25, -0.2) is 4.79 Å². The van der Waals surface area contributed by atoms with E-state index in [1.807, 2.05) is 41.3 Å². The lowest BCUT2D eigenvalue weighted by molar-refractivity contribution is 0.0674. The standard InChI is InChI=1S/C28H27ClN2O3/c1-27(2)21(17-4-6-18(7-5-17)26(33)34)10-12-28(3)16-31(13-11-24(27)28)25(32)23-15-19-14-20(29)8-9-22(19)30-23/h4-11,14-15,30H,12-13,16H2,1-3H3,(H,33,34)/t28-/m1/s1. The molecule has 3 aromatic rings. The van der Waals surface area contributed by atoms with Crippen molar-refractivity contribution in [2.75, 3.05) is 13.1 Å². The molecule has 0 bridgehead atoms. The number of allylic oxidation sites excluding steroid dienone is 2. The van der Waals surface area contributed by atoms with Crippen LogP contribution >= 0.6 is 11.6 Å². The summed E-state index contributed by atoms with van der Waals surface area (Å²) in [5.74, 6) is -0.936. The summed E-state index contributed by atoms with van der Waals surface area (Å²) in [4.78, 5) is 29.8. The van der Waals surface area contributed by atoms with Crippen molar-refractivity contribution in [2.45, 2.75) is 27.2 Å². The maximum absolute atomic E-state index is 13.4. The summed E-state index contributed by atoms with van der Waals surface area (Å²) in [7, 11) is 0. The summed E-state index contributed by atoms with van der Waals surface area (Å²) < 4.78 is 0. The molecule has 2 aromatic carbocycles. The number of nitrogens with one attached hydrogen (secondary N) is 1. The zero-order valence-electron chi connectivity index (χ0n) is 19.5. The first-order valence-corrected chi connectivity index (χ1v) is 11.8. The van der Waals surface area contributed by atoms with Crippen molar-refractivity contribution in [2.24, 2.45) is 10.8 Å². The molecule has 2 heterocycles. The van der Waals surface area contributed by atoms with E-state index >= 15 is 0 Å². The van der Waals surface area contributed by atoms with Gasteiger partial charge in [0.15, 0.2) is 0 Å². The fourth-order valence-corrected chi connectivity index (χ4v) is 5.93. The molecule has 1 amide bonds. The lowest BCUT2D eigenvalue weighted by Gasteiger charge is -2.50. The molecule has 0 unspecified atom stereocenters. The van der Waals surface area contributed by atoms with Gasteiger partial charge in [0.05, 0.1) is 5.56 Å². The monoisotopic (exact) mass is 474 g/mol. The Hall–Kier alpha value is -3.31. The molecule has 0 radical (unpaired) electrons. The van der Waals surface area contributed by atoms with Crippen LogP contribution in [-0.4, -0.2) is 40.0 Å². The van der Waals surface area contributed by atoms with E-state index in [0.717, 1.165) is 22.9 Å². The molecule has 6 heteroatoms. The number of nitrogens with zero attached hydrogens (tertiary/aromatic N) is 1. The molecule has 1 atom stereocenters. The number of hydrogen-bond donors (Lipinski definition) is 2. The first-order chi connectivity index (χ1) is 16.1. The normalized spacial score (nSPS) is 21.6. The van der Waals surface area contributed by atoms with Crippen molar-refractivity contribution in [3.05, 3.63) is 88.1 Å². The highest BCUT2D eigenvalue weighted by molar-refractivity contribution is 6.31. The average Bonchev–Trinajstić information content (AvgIpc) is 3.21. The summed E-state index contributed by atoms with van der Waals surface area (Å²) in [5.41, 5.74) is 4.91. The molecule has 0 spiro atoms. The highest BCUT2D eigenvalue weighted by Crippen LogP contribution is 2.55. The predicted octanol–water partition coefficient (Wildman–Crippen LogP) is 6.42. The van der Waals surface area contributed by atoms with Crippen LogP contribution in [0.2, 0.25) is 5.02 Å². The van der Waals surface area contributed by atoms with Crippen LogP contribution in [0.1, 0.15) is 53.6 Å². The molecule has 2 aliphatic rings. The first kappa shape index (κ1) is 22.5. The van der Waals surface area contributed by atoms with Gasteiger partial charge in [0.1, 0.15) is 5.69 Å². The number of halogens is 1. The number of rotatable bonds is 3. The third-order valence-corrected chi connectivity index (χ3v) is 7.59. The van der Waals surface area contributed by atoms with Gasteiger partial charge >= 0.3 is 5.97 Å². The molecule has 0 saturated carbocycles. The molecule has 1 aliphatic carbocycles. The maximum Gasteiger partial charge on any atom is 0.335 e. The van der Waals surface area contributed by atoms with E-state index in [1.165, 1.54) is 11.1 Å². The molecule has 34 heavy (non-hydrogen) atoms. The van der Waals surface area contributed by atoms with Gasteiger partial charge in [-0.15, -0.1) is 0 Å².